The van der Waals surface area contributed by atoms with Crippen molar-refractivity contribution in [2.24, 2.45) is 0 Å². The Hall–Kier alpha value is -2.84. The van der Waals surface area contributed by atoms with E-state index in [1.165, 1.54) is 16.7 Å². The molecule has 0 N–H and O–H groups in total. The second-order valence-electron chi connectivity index (χ2n) is 8.83. The molecule has 0 bridgehead atoms. The van der Waals surface area contributed by atoms with Crippen LogP contribution in [0.1, 0.15) is 38.3 Å². The lowest BCUT2D eigenvalue weighted by molar-refractivity contribution is -0.137. The average Bonchev–Trinajstić information content (AvgIpc) is 3.07. The summed E-state index contributed by atoms with van der Waals surface area (Å²) in [4.78, 5) is 30.1. The molecule has 34 heavy (non-hydrogen) atoms. The van der Waals surface area contributed by atoms with Gasteiger partial charge in [-0.15, -0.1) is 0 Å². The highest BCUT2D eigenvalue weighted by atomic mass is 32.2. The van der Waals surface area contributed by atoms with E-state index < -0.39 is 0 Å². The van der Waals surface area contributed by atoms with Gasteiger partial charge in [-0.2, -0.15) is 0 Å². The van der Waals surface area contributed by atoms with Crippen LogP contribution in [0.15, 0.2) is 53.4 Å². The smallest absolute Gasteiger partial charge is 0.266 e. The molecule has 1 aliphatic heterocycles. The molecule has 2 aromatic carbocycles. The molecule has 0 aliphatic carbocycles. The first-order valence-electron chi connectivity index (χ1n) is 11.0. The lowest BCUT2D eigenvalue weighted by Gasteiger charge is -2.36. The highest BCUT2D eigenvalue weighted by Crippen LogP contribution is 2.35. The van der Waals surface area contributed by atoms with E-state index in [0.29, 0.717) is 27.3 Å². The first-order valence-corrected chi connectivity index (χ1v) is 12.2. The van der Waals surface area contributed by atoms with E-state index in [9.17, 15) is 9.59 Å². The lowest BCUT2D eigenvalue weighted by atomic mass is 10.0. The minimum absolute atomic E-state index is 0.0192. The third kappa shape index (κ3) is 6.18. The van der Waals surface area contributed by atoms with Gasteiger partial charge in [-0.1, -0.05) is 60.4 Å². The molecule has 1 saturated heterocycles. The van der Waals surface area contributed by atoms with Gasteiger partial charge >= 0.3 is 0 Å². The number of amides is 2. The fraction of sp³-hybridized carbons (Fsp3) is 0.346. The van der Waals surface area contributed by atoms with Crippen molar-refractivity contribution in [3.63, 3.8) is 0 Å². The van der Waals surface area contributed by atoms with Gasteiger partial charge in [-0.25, -0.2) is 0 Å². The lowest BCUT2D eigenvalue weighted by Crippen LogP contribution is -2.46. The van der Waals surface area contributed by atoms with Gasteiger partial charge in [0.2, 0.25) is 5.91 Å². The Morgan fingerprint density at radius 1 is 1.09 bits per heavy atom. The normalized spacial score (nSPS) is 15.1. The summed E-state index contributed by atoms with van der Waals surface area (Å²) in [6, 6.07) is 15.3. The predicted molar refractivity (Wildman–Crippen MR) is 141 cm³/mol. The van der Waals surface area contributed by atoms with Crippen LogP contribution in [0.25, 0.3) is 6.08 Å². The van der Waals surface area contributed by atoms with Gasteiger partial charge in [-0.3, -0.25) is 14.5 Å². The Kier molecular flexibility index (Phi) is 8.38. The number of thiocarbonyl (C=S) groups is 1. The molecule has 8 heteroatoms. The van der Waals surface area contributed by atoms with Crippen molar-refractivity contribution < 1.29 is 19.1 Å². The molecule has 0 spiro atoms. The summed E-state index contributed by atoms with van der Waals surface area (Å²) >= 11 is 6.69. The Labute approximate surface area is 210 Å². The predicted octanol–water partition coefficient (Wildman–Crippen LogP) is 5.12. The van der Waals surface area contributed by atoms with E-state index >= 15 is 0 Å². The Morgan fingerprint density at radius 3 is 2.38 bits per heavy atom. The number of methoxy groups -OCH3 is 2. The second-order valence-corrected chi connectivity index (χ2v) is 10.5. The van der Waals surface area contributed by atoms with Crippen LogP contribution in [0.4, 0.5) is 0 Å². The standard InChI is InChI=1S/C26H30N2O4S2/c1-26(2,3)28(17-18-9-7-6-8-10-18)23(29)13-14-27-24(30)22(34-25(27)33)16-19-11-12-20(31-4)21(15-19)32-5/h6-12,15-16H,13-14,17H2,1-5H3. The van der Waals surface area contributed by atoms with Crippen LogP contribution in [-0.4, -0.2) is 52.2 Å². The molecule has 0 radical (unpaired) electrons. The van der Waals surface area contributed by atoms with Crippen LogP contribution in [-0.2, 0) is 16.1 Å². The molecule has 0 unspecified atom stereocenters. The highest BCUT2D eigenvalue weighted by molar-refractivity contribution is 8.26. The zero-order valence-corrected chi connectivity index (χ0v) is 21.8. The largest absolute Gasteiger partial charge is 0.493 e. The summed E-state index contributed by atoms with van der Waals surface area (Å²) in [7, 11) is 3.14. The molecule has 2 aromatic rings. The first-order chi connectivity index (χ1) is 16.1. The van der Waals surface area contributed by atoms with Gasteiger partial charge in [0.05, 0.1) is 19.1 Å². The number of carbonyl (C=O) groups is 2. The summed E-state index contributed by atoms with van der Waals surface area (Å²) in [6.45, 7) is 6.80. The molecule has 180 valence electrons. The molecule has 1 heterocycles. The van der Waals surface area contributed by atoms with E-state index in [1.54, 1.807) is 32.4 Å². The van der Waals surface area contributed by atoms with Crippen LogP contribution < -0.4 is 9.47 Å². The van der Waals surface area contributed by atoms with Crippen LogP contribution in [0.3, 0.4) is 0 Å². The quantitative estimate of drug-likeness (QED) is 0.372. The van der Waals surface area contributed by atoms with E-state index in [1.807, 2.05) is 62.1 Å². The minimum atomic E-state index is -0.352. The number of benzene rings is 2. The molecule has 0 saturated carbocycles. The van der Waals surface area contributed by atoms with Crippen molar-refractivity contribution in [2.75, 3.05) is 20.8 Å². The fourth-order valence-electron chi connectivity index (χ4n) is 3.59. The van der Waals surface area contributed by atoms with Gasteiger partial charge in [0, 0.05) is 25.0 Å². The SMILES string of the molecule is COc1ccc(C=C2SC(=S)N(CCC(=O)N(Cc3ccccc3)C(C)(C)C)C2=O)cc1OC. The van der Waals surface area contributed by atoms with Crippen molar-refractivity contribution in [2.45, 2.75) is 39.3 Å². The number of nitrogens with zero attached hydrogens (tertiary/aromatic N) is 2. The summed E-state index contributed by atoms with van der Waals surface area (Å²) in [5.41, 5.74) is 1.51. The van der Waals surface area contributed by atoms with Gasteiger partial charge < -0.3 is 14.4 Å². The Balaban J connectivity index is 1.70. The molecule has 6 nitrogen and oxygen atoms in total. The monoisotopic (exact) mass is 498 g/mol. The van der Waals surface area contributed by atoms with Gasteiger partial charge in [0.1, 0.15) is 4.32 Å². The third-order valence-electron chi connectivity index (χ3n) is 5.42. The van der Waals surface area contributed by atoms with Crippen molar-refractivity contribution in [3.05, 3.63) is 64.6 Å². The molecule has 0 aromatic heterocycles. The van der Waals surface area contributed by atoms with E-state index in [4.69, 9.17) is 21.7 Å². The van der Waals surface area contributed by atoms with Crippen molar-refractivity contribution in [1.29, 1.82) is 0 Å². The van der Waals surface area contributed by atoms with Crippen molar-refractivity contribution >= 4 is 46.2 Å². The zero-order chi connectivity index (χ0) is 24.9. The number of hydrogen-bond donors (Lipinski definition) is 0. The van der Waals surface area contributed by atoms with Crippen LogP contribution >= 0.6 is 24.0 Å². The maximum Gasteiger partial charge on any atom is 0.266 e. The first kappa shape index (κ1) is 25.8. The summed E-state index contributed by atoms with van der Waals surface area (Å²) in [5, 5.41) is 0. The molecular formula is C26H30N2O4S2. The third-order valence-corrected chi connectivity index (χ3v) is 6.80. The van der Waals surface area contributed by atoms with Crippen molar-refractivity contribution in [3.8, 4) is 11.5 Å². The fourth-order valence-corrected chi connectivity index (χ4v) is 4.90. The van der Waals surface area contributed by atoms with E-state index in [2.05, 4.69) is 0 Å². The molecule has 1 fully saturated rings. The maximum absolute atomic E-state index is 13.2. The number of carbonyl (C=O) groups excluding carboxylic acids is 2. The second kappa shape index (κ2) is 11.1. The molecule has 3 rings (SSSR count). The topological polar surface area (TPSA) is 59.1 Å². The molecule has 2 amide bonds. The summed E-state index contributed by atoms with van der Waals surface area (Å²) in [5.74, 6) is 0.986. The summed E-state index contributed by atoms with van der Waals surface area (Å²) in [6.07, 6.45) is 1.97. The van der Waals surface area contributed by atoms with Crippen LogP contribution in [0.5, 0.6) is 11.5 Å². The summed E-state index contributed by atoms with van der Waals surface area (Å²) < 4.78 is 11.1. The van der Waals surface area contributed by atoms with Crippen LogP contribution in [0, 0.1) is 0 Å². The number of hydrogen-bond acceptors (Lipinski definition) is 6. The Morgan fingerprint density at radius 2 is 1.76 bits per heavy atom. The van der Waals surface area contributed by atoms with Crippen molar-refractivity contribution in [1.82, 2.24) is 9.80 Å². The minimum Gasteiger partial charge on any atom is -0.493 e. The highest BCUT2D eigenvalue weighted by Gasteiger charge is 2.33. The number of rotatable bonds is 8. The molecule has 0 atom stereocenters. The van der Waals surface area contributed by atoms with Crippen LogP contribution in [0.2, 0.25) is 0 Å². The van der Waals surface area contributed by atoms with Gasteiger partial charge in [-0.05, 0) is 50.1 Å². The average molecular weight is 499 g/mol. The van der Waals surface area contributed by atoms with Gasteiger partial charge in [0.15, 0.2) is 11.5 Å². The molecule has 1 aliphatic rings. The number of ether oxygens (including phenoxy) is 2. The Bertz CT molecular complexity index is 1090. The zero-order valence-electron chi connectivity index (χ0n) is 20.2. The number of thioether (sulfide) groups is 1. The molecular weight excluding hydrogens is 468 g/mol. The van der Waals surface area contributed by atoms with Gasteiger partial charge in [0.25, 0.3) is 5.91 Å². The van der Waals surface area contributed by atoms with E-state index in [0.717, 1.165) is 11.1 Å². The van der Waals surface area contributed by atoms with E-state index in [-0.39, 0.29) is 30.3 Å². The maximum atomic E-state index is 13.2.